The van der Waals surface area contributed by atoms with E-state index in [1.165, 1.54) is 14.2 Å². The second-order valence-corrected chi connectivity index (χ2v) is 4.64. The summed E-state index contributed by atoms with van der Waals surface area (Å²) >= 11 is 0. The van der Waals surface area contributed by atoms with Crippen LogP contribution in [0.4, 0.5) is 0 Å². The van der Waals surface area contributed by atoms with Crippen LogP contribution in [0.15, 0.2) is 54.5 Å². The Labute approximate surface area is 130 Å². The molecule has 0 aromatic heterocycles. The van der Waals surface area contributed by atoms with Gasteiger partial charge in [0.05, 0.1) is 20.8 Å². The Hall–Kier alpha value is -2.51. The van der Waals surface area contributed by atoms with Crippen molar-refractivity contribution in [1.29, 1.82) is 0 Å². The lowest BCUT2D eigenvalue weighted by Crippen LogP contribution is -2.53. The van der Waals surface area contributed by atoms with Gasteiger partial charge in [-0.05, 0) is 5.56 Å². The minimum absolute atomic E-state index is 0.153. The first-order valence-electron chi connectivity index (χ1n) is 6.86. The highest BCUT2D eigenvalue weighted by atomic mass is 16.6. The van der Waals surface area contributed by atoms with Gasteiger partial charge in [-0.25, -0.2) is 0 Å². The van der Waals surface area contributed by atoms with E-state index in [9.17, 15) is 4.79 Å². The zero-order chi connectivity index (χ0) is 16.0. The number of ether oxygens (including phenoxy) is 3. The first-order chi connectivity index (χ1) is 10.7. The monoisotopic (exact) mass is 298 g/mol. The van der Waals surface area contributed by atoms with E-state index in [2.05, 4.69) is 18.4 Å². The highest BCUT2D eigenvalue weighted by Crippen LogP contribution is 2.39. The van der Waals surface area contributed by atoms with Crippen LogP contribution in [0.25, 0.3) is 0 Å². The van der Waals surface area contributed by atoms with Gasteiger partial charge in [-0.1, -0.05) is 48.2 Å². The van der Waals surface area contributed by atoms with E-state index in [1.54, 1.807) is 6.08 Å². The molecule has 4 heteroatoms. The summed E-state index contributed by atoms with van der Waals surface area (Å²) in [6, 6.07) is 9.78. The van der Waals surface area contributed by atoms with Crippen molar-refractivity contribution >= 4 is 5.78 Å². The van der Waals surface area contributed by atoms with Crippen LogP contribution in [-0.4, -0.2) is 32.2 Å². The van der Waals surface area contributed by atoms with Crippen molar-refractivity contribution in [2.75, 3.05) is 20.8 Å². The van der Waals surface area contributed by atoms with Crippen molar-refractivity contribution in [2.24, 2.45) is 0 Å². The van der Waals surface area contributed by atoms with Gasteiger partial charge in [0, 0.05) is 6.42 Å². The van der Waals surface area contributed by atoms with E-state index in [0.29, 0.717) is 12.2 Å². The number of ketones is 1. The molecule has 0 spiro atoms. The second-order valence-electron chi connectivity index (χ2n) is 4.64. The van der Waals surface area contributed by atoms with Gasteiger partial charge in [0.1, 0.15) is 0 Å². The normalized spacial score (nSPS) is 19.8. The third-order valence-electron chi connectivity index (χ3n) is 3.28. The summed E-state index contributed by atoms with van der Waals surface area (Å²) < 4.78 is 15.9. The molecule has 0 fully saturated rings. The third kappa shape index (κ3) is 2.76. The molecule has 1 aliphatic rings. The topological polar surface area (TPSA) is 44.8 Å². The van der Waals surface area contributed by atoms with Crippen molar-refractivity contribution in [3.8, 4) is 11.8 Å². The van der Waals surface area contributed by atoms with Crippen LogP contribution in [0, 0.1) is 11.8 Å². The van der Waals surface area contributed by atoms with E-state index in [4.69, 9.17) is 14.2 Å². The highest BCUT2D eigenvalue weighted by molar-refractivity contribution is 6.12. The Kier molecular flexibility index (Phi) is 5.03. The fourth-order valence-electron chi connectivity index (χ4n) is 2.22. The number of benzene rings is 1. The molecule has 0 heterocycles. The average Bonchev–Trinajstić information content (AvgIpc) is 2.56. The number of carbonyl (C=O) groups excluding carboxylic acids is 1. The first kappa shape index (κ1) is 15.9. The van der Waals surface area contributed by atoms with Crippen LogP contribution in [0.3, 0.4) is 0 Å². The molecule has 1 unspecified atom stereocenters. The molecule has 1 aromatic carbocycles. The van der Waals surface area contributed by atoms with Crippen molar-refractivity contribution in [3.05, 3.63) is 60.1 Å². The molecule has 1 atom stereocenters. The Morgan fingerprint density at radius 1 is 1.23 bits per heavy atom. The number of rotatable bonds is 6. The van der Waals surface area contributed by atoms with E-state index in [1.807, 2.05) is 30.3 Å². The summed E-state index contributed by atoms with van der Waals surface area (Å²) in [7, 11) is 2.88. The maximum atomic E-state index is 12.3. The molecule has 4 nitrogen and oxygen atoms in total. The predicted molar refractivity (Wildman–Crippen MR) is 82.9 cm³/mol. The number of hydrogen-bond donors (Lipinski definition) is 0. The van der Waals surface area contributed by atoms with Gasteiger partial charge in [-0.15, -0.1) is 6.58 Å². The van der Waals surface area contributed by atoms with Crippen LogP contribution in [0.1, 0.15) is 5.56 Å². The van der Waals surface area contributed by atoms with Gasteiger partial charge >= 0.3 is 0 Å². The number of Topliss-reactive ketones (excluding diaryl/α,β-unsaturated/α-hetero) is 1. The molecular formula is C18H18O4. The van der Waals surface area contributed by atoms with E-state index >= 15 is 0 Å². The van der Waals surface area contributed by atoms with Gasteiger partial charge in [0.15, 0.2) is 5.76 Å². The largest absolute Gasteiger partial charge is 0.493 e. The third-order valence-corrected chi connectivity index (χ3v) is 3.28. The number of hydrogen-bond acceptors (Lipinski definition) is 4. The molecule has 1 aromatic rings. The van der Waals surface area contributed by atoms with Crippen LogP contribution in [0.5, 0.6) is 0 Å². The van der Waals surface area contributed by atoms with Crippen LogP contribution >= 0.6 is 0 Å². The summed E-state index contributed by atoms with van der Waals surface area (Å²) in [4.78, 5) is 12.3. The molecule has 1 aliphatic carbocycles. The molecule has 0 saturated heterocycles. The van der Waals surface area contributed by atoms with E-state index in [-0.39, 0.29) is 18.1 Å². The zero-order valence-electron chi connectivity index (χ0n) is 12.7. The standard InChI is InChI=1S/C18H18O4/c1-4-13-22-18(16(19)15(20-2)17(18)21-3)12-8-11-14-9-6-5-7-10-14/h4-7,9-10H,1,11,13H2,2-3H3. The maximum Gasteiger partial charge on any atom is 0.257 e. The fourth-order valence-corrected chi connectivity index (χ4v) is 2.22. The molecule has 0 saturated carbocycles. The highest BCUT2D eigenvalue weighted by Gasteiger charge is 2.58. The summed E-state index contributed by atoms with van der Waals surface area (Å²) in [5, 5.41) is 0. The second kappa shape index (κ2) is 6.97. The van der Waals surface area contributed by atoms with Crippen molar-refractivity contribution < 1.29 is 19.0 Å². The smallest absolute Gasteiger partial charge is 0.257 e. The lowest BCUT2D eigenvalue weighted by molar-refractivity contribution is -0.144. The molecule has 0 aliphatic heterocycles. The Balaban J connectivity index is 2.27. The Morgan fingerprint density at radius 2 is 1.95 bits per heavy atom. The van der Waals surface area contributed by atoms with Crippen LogP contribution < -0.4 is 0 Å². The number of carbonyl (C=O) groups is 1. The van der Waals surface area contributed by atoms with Crippen molar-refractivity contribution in [2.45, 2.75) is 12.0 Å². The van der Waals surface area contributed by atoms with Gasteiger partial charge in [0.25, 0.3) is 11.4 Å². The van der Waals surface area contributed by atoms with Crippen molar-refractivity contribution in [1.82, 2.24) is 0 Å². The quantitative estimate of drug-likeness (QED) is 0.597. The minimum atomic E-state index is -1.39. The first-order valence-corrected chi connectivity index (χ1v) is 6.86. The van der Waals surface area contributed by atoms with E-state index in [0.717, 1.165) is 5.56 Å². The van der Waals surface area contributed by atoms with Crippen molar-refractivity contribution in [3.63, 3.8) is 0 Å². The molecular weight excluding hydrogens is 280 g/mol. The lowest BCUT2D eigenvalue weighted by Gasteiger charge is -2.36. The average molecular weight is 298 g/mol. The summed E-state index contributed by atoms with van der Waals surface area (Å²) in [5.74, 6) is 6.03. The summed E-state index contributed by atoms with van der Waals surface area (Å²) in [6.45, 7) is 3.78. The summed E-state index contributed by atoms with van der Waals surface area (Å²) in [6.07, 6.45) is 2.08. The Bertz CT molecular complexity index is 649. The Morgan fingerprint density at radius 3 is 2.55 bits per heavy atom. The van der Waals surface area contributed by atoms with Gasteiger partial charge in [-0.3, -0.25) is 4.79 Å². The van der Waals surface area contributed by atoms with Crippen LogP contribution in [0.2, 0.25) is 0 Å². The molecule has 0 N–H and O–H groups in total. The van der Waals surface area contributed by atoms with Gasteiger partial charge in [-0.2, -0.15) is 0 Å². The number of methoxy groups -OCH3 is 2. The SMILES string of the molecule is C=CCOC1(C#CCc2ccccc2)C(=O)C(OC)=C1OC. The van der Waals surface area contributed by atoms with Crippen LogP contribution in [-0.2, 0) is 25.4 Å². The molecule has 0 radical (unpaired) electrons. The predicted octanol–water partition coefficient (Wildman–Crippen LogP) is 2.26. The van der Waals surface area contributed by atoms with Gasteiger partial charge < -0.3 is 14.2 Å². The van der Waals surface area contributed by atoms with E-state index < -0.39 is 5.60 Å². The summed E-state index contributed by atoms with van der Waals surface area (Å²) in [5.41, 5.74) is -0.321. The molecule has 22 heavy (non-hydrogen) atoms. The molecule has 2 rings (SSSR count). The molecule has 0 bridgehead atoms. The minimum Gasteiger partial charge on any atom is -0.493 e. The molecule has 114 valence electrons. The maximum absolute atomic E-state index is 12.3. The lowest BCUT2D eigenvalue weighted by atomic mass is 9.82. The van der Waals surface area contributed by atoms with Gasteiger partial charge in [0.2, 0.25) is 5.76 Å². The zero-order valence-corrected chi connectivity index (χ0v) is 12.7. The molecule has 0 amide bonds. The fraction of sp³-hybridized carbons (Fsp3) is 0.278.